The van der Waals surface area contributed by atoms with Crippen LogP contribution in [-0.4, -0.2) is 35.2 Å². The van der Waals surface area contributed by atoms with E-state index in [0.29, 0.717) is 0 Å². The van der Waals surface area contributed by atoms with Crippen molar-refractivity contribution in [1.82, 2.24) is 4.90 Å². The predicted molar refractivity (Wildman–Crippen MR) is 88.1 cm³/mol. The van der Waals surface area contributed by atoms with Crippen molar-refractivity contribution in [2.45, 2.75) is 25.0 Å². The van der Waals surface area contributed by atoms with Gasteiger partial charge in [-0.15, -0.1) is 0 Å². The number of hydrogen-bond donors (Lipinski definition) is 1. The van der Waals surface area contributed by atoms with Crippen LogP contribution in [0.25, 0.3) is 0 Å². The van der Waals surface area contributed by atoms with E-state index >= 15 is 0 Å². The van der Waals surface area contributed by atoms with E-state index in [2.05, 4.69) is 58.4 Å². The van der Waals surface area contributed by atoms with E-state index in [0.717, 1.165) is 31.8 Å². The minimum Gasteiger partial charge on any atom is -0.373 e. The SMILES string of the molecule is OC1C(Cc2ccccc2)c2ccccc2C2=NCCCN21. The topological polar surface area (TPSA) is 35.8 Å². The molecule has 112 valence electrons. The Balaban J connectivity index is 1.77. The first kappa shape index (κ1) is 13.5. The lowest BCUT2D eigenvalue weighted by molar-refractivity contribution is 0.0211. The van der Waals surface area contributed by atoms with Crippen molar-refractivity contribution in [3.8, 4) is 0 Å². The lowest BCUT2D eigenvalue weighted by atomic mass is 9.83. The van der Waals surface area contributed by atoms with Crippen molar-refractivity contribution in [3.63, 3.8) is 0 Å². The summed E-state index contributed by atoms with van der Waals surface area (Å²) in [7, 11) is 0. The maximum atomic E-state index is 10.9. The van der Waals surface area contributed by atoms with E-state index in [-0.39, 0.29) is 5.92 Å². The molecule has 2 aliphatic rings. The van der Waals surface area contributed by atoms with E-state index < -0.39 is 6.23 Å². The number of aliphatic hydroxyl groups excluding tert-OH is 1. The molecule has 0 fully saturated rings. The van der Waals surface area contributed by atoms with Crippen molar-refractivity contribution in [3.05, 3.63) is 71.3 Å². The van der Waals surface area contributed by atoms with Crippen LogP contribution in [0.3, 0.4) is 0 Å². The van der Waals surface area contributed by atoms with Crippen LogP contribution < -0.4 is 0 Å². The number of nitrogens with zero attached hydrogens (tertiary/aromatic N) is 2. The van der Waals surface area contributed by atoms with Gasteiger partial charge in [-0.25, -0.2) is 0 Å². The van der Waals surface area contributed by atoms with Gasteiger partial charge >= 0.3 is 0 Å². The van der Waals surface area contributed by atoms with Gasteiger partial charge in [0.1, 0.15) is 12.1 Å². The number of fused-ring (bicyclic) bond motifs is 3. The largest absolute Gasteiger partial charge is 0.373 e. The van der Waals surface area contributed by atoms with E-state index in [1.807, 2.05) is 6.07 Å². The third-order valence-electron chi connectivity index (χ3n) is 4.67. The highest BCUT2D eigenvalue weighted by molar-refractivity contribution is 6.01. The Labute approximate surface area is 130 Å². The van der Waals surface area contributed by atoms with Crippen LogP contribution in [0.5, 0.6) is 0 Å². The predicted octanol–water partition coefficient (Wildman–Crippen LogP) is 2.80. The van der Waals surface area contributed by atoms with Gasteiger partial charge < -0.3 is 10.0 Å². The number of amidine groups is 1. The summed E-state index contributed by atoms with van der Waals surface area (Å²) >= 11 is 0. The molecule has 3 nitrogen and oxygen atoms in total. The molecule has 0 amide bonds. The van der Waals surface area contributed by atoms with Gasteiger partial charge in [-0.05, 0) is 24.0 Å². The number of aliphatic imine (C=N–C) groups is 1. The summed E-state index contributed by atoms with van der Waals surface area (Å²) in [6.07, 6.45) is 1.37. The molecule has 2 atom stereocenters. The highest BCUT2D eigenvalue weighted by atomic mass is 16.3. The molecule has 0 bridgehead atoms. The Bertz CT molecular complexity index is 696. The molecule has 1 N–H and O–H groups in total. The highest BCUT2D eigenvalue weighted by Gasteiger charge is 2.37. The second kappa shape index (κ2) is 5.58. The molecule has 0 saturated heterocycles. The Morgan fingerprint density at radius 3 is 2.68 bits per heavy atom. The normalized spacial score (nSPS) is 23.5. The Morgan fingerprint density at radius 1 is 1.05 bits per heavy atom. The number of rotatable bonds is 2. The molecule has 0 radical (unpaired) electrons. The maximum Gasteiger partial charge on any atom is 0.135 e. The van der Waals surface area contributed by atoms with Crippen LogP contribution in [0, 0.1) is 0 Å². The summed E-state index contributed by atoms with van der Waals surface area (Å²) < 4.78 is 0. The summed E-state index contributed by atoms with van der Waals surface area (Å²) in [6.45, 7) is 1.75. The van der Waals surface area contributed by atoms with E-state index in [4.69, 9.17) is 0 Å². The molecular formula is C19H20N2O. The minimum absolute atomic E-state index is 0.0932. The summed E-state index contributed by atoms with van der Waals surface area (Å²) in [6, 6.07) is 18.8. The number of benzene rings is 2. The molecule has 2 aliphatic heterocycles. The molecule has 2 aromatic rings. The monoisotopic (exact) mass is 292 g/mol. The van der Waals surface area contributed by atoms with Gasteiger partial charge in [0.05, 0.1) is 0 Å². The Morgan fingerprint density at radius 2 is 1.82 bits per heavy atom. The summed E-state index contributed by atoms with van der Waals surface area (Å²) in [5.74, 6) is 1.06. The Kier molecular flexibility index (Phi) is 3.43. The molecule has 0 spiro atoms. The third-order valence-corrected chi connectivity index (χ3v) is 4.67. The van der Waals surface area contributed by atoms with E-state index in [1.165, 1.54) is 16.7 Å². The molecule has 2 aromatic carbocycles. The molecule has 2 unspecified atom stereocenters. The molecule has 3 heteroatoms. The fraction of sp³-hybridized carbons (Fsp3) is 0.316. The second-order valence-corrected chi connectivity index (χ2v) is 6.05. The van der Waals surface area contributed by atoms with Crippen LogP contribution >= 0.6 is 0 Å². The zero-order valence-corrected chi connectivity index (χ0v) is 12.5. The van der Waals surface area contributed by atoms with Gasteiger partial charge in [0, 0.05) is 24.6 Å². The number of aliphatic hydroxyl groups is 1. The fourth-order valence-electron chi connectivity index (χ4n) is 3.61. The van der Waals surface area contributed by atoms with Gasteiger partial charge in [-0.1, -0.05) is 54.6 Å². The van der Waals surface area contributed by atoms with Crippen LogP contribution in [-0.2, 0) is 6.42 Å². The molecule has 0 aliphatic carbocycles. The van der Waals surface area contributed by atoms with Crippen LogP contribution in [0.4, 0.5) is 0 Å². The van der Waals surface area contributed by atoms with Gasteiger partial charge in [0.2, 0.25) is 0 Å². The first-order valence-corrected chi connectivity index (χ1v) is 7.97. The zero-order valence-electron chi connectivity index (χ0n) is 12.5. The quantitative estimate of drug-likeness (QED) is 0.924. The highest BCUT2D eigenvalue weighted by Crippen LogP contribution is 2.36. The third kappa shape index (κ3) is 2.22. The van der Waals surface area contributed by atoms with Crippen molar-refractivity contribution >= 4 is 5.84 Å². The summed E-state index contributed by atoms with van der Waals surface area (Å²) in [4.78, 5) is 6.75. The van der Waals surface area contributed by atoms with Crippen molar-refractivity contribution < 1.29 is 5.11 Å². The van der Waals surface area contributed by atoms with Gasteiger partial charge in [0.25, 0.3) is 0 Å². The van der Waals surface area contributed by atoms with Crippen LogP contribution in [0.1, 0.15) is 29.0 Å². The van der Waals surface area contributed by atoms with Gasteiger partial charge in [0.15, 0.2) is 0 Å². The fourth-order valence-corrected chi connectivity index (χ4v) is 3.61. The van der Waals surface area contributed by atoms with Crippen molar-refractivity contribution in [2.75, 3.05) is 13.1 Å². The summed E-state index contributed by atoms with van der Waals surface area (Å²) in [5, 5.41) is 10.9. The average molecular weight is 292 g/mol. The molecule has 4 rings (SSSR count). The van der Waals surface area contributed by atoms with E-state index in [9.17, 15) is 5.11 Å². The molecule has 0 saturated carbocycles. The van der Waals surface area contributed by atoms with Crippen LogP contribution in [0.2, 0.25) is 0 Å². The van der Waals surface area contributed by atoms with Crippen molar-refractivity contribution in [2.24, 2.45) is 4.99 Å². The summed E-state index contributed by atoms with van der Waals surface area (Å²) in [5.41, 5.74) is 3.67. The smallest absolute Gasteiger partial charge is 0.135 e. The molecular weight excluding hydrogens is 272 g/mol. The lowest BCUT2D eigenvalue weighted by Gasteiger charge is -2.43. The van der Waals surface area contributed by atoms with Crippen LogP contribution in [0.15, 0.2) is 59.6 Å². The van der Waals surface area contributed by atoms with Gasteiger partial charge in [-0.2, -0.15) is 0 Å². The minimum atomic E-state index is -0.492. The first-order valence-electron chi connectivity index (χ1n) is 7.97. The van der Waals surface area contributed by atoms with E-state index in [1.54, 1.807) is 0 Å². The van der Waals surface area contributed by atoms with Gasteiger partial charge in [-0.3, -0.25) is 4.99 Å². The Hall–Kier alpha value is -2.13. The standard InChI is InChI=1S/C19H20N2O/c22-19-17(13-14-7-2-1-3-8-14)15-9-4-5-10-16(15)18-20-11-6-12-21(18)19/h1-5,7-10,17,19,22H,6,11-13H2. The first-order chi connectivity index (χ1) is 10.8. The maximum absolute atomic E-state index is 10.9. The molecule has 2 heterocycles. The van der Waals surface area contributed by atoms with Crippen molar-refractivity contribution in [1.29, 1.82) is 0 Å². The lowest BCUT2D eigenvalue weighted by Crippen LogP contribution is -2.51. The molecule has 0 aromatic heterocycles. The average Bonchev–Trinajstić information content (AvgIpc) is 2.59. The zero-order chi connectivity index (χ0) is 14.9. The second-order valence-electron chi connectivity index (χ2n) is 6.05. The number of hydrogen-bond acceptors (Lipinski definition) is 3. The molecule has 22 heavy (non-hydrogen) atoms.